The molecule has 1 amide bonds. The van der Waals surface area contributed by atoms with Crippen LogP contribution in [0.4, 0.5) is 0 Å². The maximum Gasteiger partial charge on any atom is 0.254 e. The minimum Gasteiger partial charge on any atom is -0.493 e. The average molecular weight is 672 g/mol. The lowest BCUT2D eigenvalue weighted by Gasteiger charge is -2.34. The van der Waals surface area contributed by atoms with E-state index in [4.69, 9.17) is 32.7 Å². The molecule has 1 fully saturated rings. The molecule has 2 atom stereocenters. The molecule has 3 aromatic carbocycles. The van der Waals surface area contributed by atoms with Crippen LogP contribution in [0.5, 0.6) is 11.5 Å². The average Bonchev–Trinajstić information content (AvgIpc) is 3.06. The highest BCUT2D eigenvalue weighted by Crippen LogP contribution is 2.40. The quantitative estimate of drug-likeness (QED) is 0.209. The number of piperidine rings is 1. The zero-order chi connectivity index (χ0) is 32.1. The predicted octanol–water partition coefficient (Wildman–Crippen LogP) is 7.75. The van der Waals surface area contributed by atoms with Crippen molar-refractivity contribution < 1.29 is 18.5 Å². The van der Waals surface area contributed by atoms with Gasteiger partial charge in [-0.05, 0) is 111 Å². The Morgan fingerprint density at radius 3 is 2.38 bits per heavy atom. The van der Waals surface area contributed by atoms with Crippen molar-refractivity contribution in [2.24, 2.45) is 0 Å². The molecule has 0 radical (unpaired) electrons. The van der Waals surface area contributed by atoms with E-state index < -0.39 is 10.8 Å². The first kappa shape index (κ1) is 33.8. The number of likely N-dealkylation sites (N-methyl/N-ethyl adjacent to an activating group) is 1. The van der Waals surface area contributed by atoms with Crippen LogP contribution >= 0.6 is 23.2 Å². The summed E-state index contributed by atoms with van der Waals surface area (Å²) in [6, 6.07) is 15.8. The van der Waals surface area contributed by atoms with Crippen LogP contribution in [0.3, 0.4) is 0 Å². The van der Waals surface area contributed by atoms with Gasteiger partial charge in [0, 0.05) is 41.8 Å². The van der Waals surface area contributed by atoms with Crippen molar-refractivity contribution in [2.45, 2.75) is 61.7 Å². The number of ether oxygens (including phenoxy) is 2. The molecule has 5 rings (SSSR count). The highest BCUT2D eigenvalue weighted by Gasteiger charge is 2.29. The Morgan fingerprint density at radius 2 is 1.71 bits per heavy atom. The number of benzene rings is 3. The number of hydrogen-bond acceptors (Lipinski definition) is 5. The van der Waals surface area contributed by atoms with Crippen molar-refractivity contribution in [2.75, 3.05) is 53.7 Å². The van der Waals surface area contributed by atoms with Crippen LogP contribution in [0.25, 0.3) is 0 Å². The van der Waals surface area contributed by atoms with Gasteiger partial charge in [0.2, 0.25) is 0 Å². The Balaban J connectivity index is 1.31. The van der Waals surface area contributed by atoms with Crippen molar-refractivity contribution in [1.82, 2.24) is 9.80 Å². The SMILES string of the molecule is COc1cc(C(=O)N(C)C[C@@H](CCN2CCC(c3ccccc3[S@](C)=O)CC2)c2ccc(Cl)c(Cl)c2)c2c(c1OC)CCCC2. The van der Waals surface area contributed by atoms with Gasteiger partial charge in [-0.15, -0.1) is 0 Å². The summed E-state index contributed by atoms with van der Waals surface area (Å²) in [7, 11) is 4.18. The summed E-state index contributed by atoms with van der Waals surface area (Å²) >= 11 is 12.8. The topological polar surface area (TPSA) is 59.1 Å². The molecule has 1 saturated heterocycles. The lowest BCUT2D eigenvalue weighted by atomic mass is 9.86. The third kappa shape index (κ3) is 7.70. The summed E-state index contributed by atoms with van der Waals surface area (Å²) in [6.07, 6.45) is 8.57. The number of rotatable bonds is 11. The van der Waals surface area contributed by atoms with Crippen LogP contribution < -0.4 is 9.47 Å². The molecule has 0 N–H and O–H groups in total. The van der Waals surface area contributed by atoms with E-state index in [0.29, 0.717) is 33.8 Å². The highest BCUT2D eigenvalue weighted by atomic mass is 35.5. The summed E-state index contributed by atoms with van der Waals surface area (Å²) in [5.74, 6) is 1.84. The van der Waals surface area contributed by atoms with E-state index in [9.17, 15) is 9.00 Å². The number of carbonyl (C=O) groups is 1. The first-order valence-electron chi connectivity index (χ1n) is 15.8. The lowest BCUT2D eigenvalue weighted by molar-refractivity contribution is 0.0779. The van der Waals surface area contributed by atoms with E-state index in [2.05, 4.69) is 17.0 Å². The summed E-state index contributed by atoms with van der Waals surface area (Å²) in [5, 5.41) is 1.05. The van der Waals surface area contributed by atoms with Crippen LogP contribution in [0, 0.1) is 0 Å². The van der Waals surface area contributed by atoms with Crippen molar-refractivity contribution in [3.63, 3.8) is 0 Å². The fourth-order valence-corrected chi connectivity index (χ4v) is 8.23. The number of fused-ring (bicyclic) bond motifs is 1. The van der Waals surface area contributed by atoms with Gasteiger partial charge in [-0.25, -0.2) is 0 Å². The number of amides is 1. The lowest BCUT2D eigenvalue weighted by Crippen LogP contribution is -2.36. The van der Waals surface area contributed by atoms with Gasteiger partial charge in [0.1, 0.15) is 0 Å². The molecule has 1 aliphatic heterocycles. The minimum absolute atomic E-state index is 0.00745. The first-order chi connectivity index (χ1) is 21.7. The van der Waals surface area contributed by atoms with E-state index >= 15 is 0 Å². The van der Waals surface area contributed by atoms with Crippen LogP contribution in [0.1, 0.15) is 76.6 Å². The van der Waals surface area contributed by atoms with E-state index in [1.165, 1.54) is 5.56 Å². The maximum atomic E-state index is 14.1. The molecule has 3 aromatic rings. The molecule has 9 heteroatoms. The van der Waals surface area contributed by atoms with Crippen molar-refractivity contribution in [3.8, 4) is 11.5 Å². The van der Waals surface area contributed by atoms with Gasteiger partial charge in [-0.3, -0.25) is 9.00 Å². The molecule has 242 valence electrons. The minimum atomic E-state index is -0.993. The number of methoxy groups -OCH3 is 2. The standard InChI is InChI=1S/C36H44Cl2N2O4S/c1-39(36(41)30-22-33(43-2)35(44-3)29-11-6-5-10-28(29)30)23-26(25-13-14-31(37)32(38)21-25)17-20-40-18-15-24(16-19-40)27-9-7-8-12-34(27)45(4)42/h7-9,12-14,21-22,24,26H,5-6,10-11,15-20,23H2,1-4H3/t26-,45+/m1/s1. The second-order valence-electron chi connectivity index (χ2n) is 12.3. The second-order valence-corrected chi connectivity index (χ2v) is 14.4. The summed E-state index contributed by atoms with van der Waals surface area (Å²) in [6.45, 7) is 3.42. The van der Waals surface area contributed by atoms with Gasteiger partial charge in [0.05, 0.1) is 35.1 Å². The van der Waals surface area contributed by atoms with Crippen LogP contribution in [0.2, 0.25) is 10.0 Å². The Kier molecular flexibility index (Phi) is 11.5. The van der Waals surface area contributed by atoms with Crippen LogP contribution in [-0.2, 0) is 23.6 Å². The number of likely N-dealkylation sites (tertiary alicyclic amines) is 1. The van der Waals surface area contributed by atoms with E-state index in [0.717, 1.165) is 91.9 Å². The molecule has 0 spiro atoms. The Morgan fingerprint density at radius 1 is 1.00 bits per heavy atom. The largest absolute Gasteiger partial charge is 0.493 e. The monoisotopic (exact) mass is 670 g/mol. The fraction of sp³-hybridized carbons (Fsp3) is 0.472. The Labute approximate surface area is 280 Å². The van der Waals surface area contributed by atoms with Crippen molar-refractivity contribution in [1.29, 1.82) is 0 Å². The number of carbonyl (C=O) groups excluding carboxylic acids is 1. The van der Waals surface area contributed by atoms with Gasteiger partial charge in [-0.1, -0.05) is 47.5 Å². The second kappa shape index (κ2) is 15.3. The van der Waals surface area contributed by atoms with Crippen LogP contribution in [0.15, 0.2) is 53.4 Å². The molecule has 1 heterocycles. The van der Waals surface area contributed by atoms with Gasteiger partial charge in [0.15, 0.2) is 11.5 Å². The zero-order valence-electron chi connectivity index (χ0n) is 26.7. The number of halogens is 2. The summed E-state index contributed by atoms with van der Waals surface area (Å²) in [4.78, 5) is 19.4. The molecule has 0 bridgehead atoms. The Bertz CT molecular complexity index is 1540. The van der Waals surface area contributed by atoms with Gasteiger partial charge in [-0.2, -0.15) is 0 Å². The highest BCUT2D eigenvalue weighted by molar-refractivity contribution is 7.84. The summed E-state index contributed by atoms with van der Waals surface area (Å²) in [5.41, 5.74) is 5.18. The normalized spacial score (nSPS) is 16.9. The van der Waals surface area contributed by atoms with Gasteiger partial charge >= 0.3 is 0 Å². The smallest absolute Gasteiger partial charge is 0.254 e. The predicted molar refractivity (Wildman–Crippen MR) is 184 cm³/mol. The molecule has 0 unspecified atom stereocenters. The molecule has 6 nitrogen and oxygen atoms in total. The van der Waals surface area contributed by atoms with E-state index in [1.54, 1.807) is 20.5 Å². The molecular formula is C36H44Cl2N2O4S. The summed E-state index contributed by atoms with van der Waals surface area (Å²) < 4.78 is 23.7. The molecule has 0 saturated carbocycles. The number of nitrogens with zero attached hydrogens (tertiary/aromatic N) is 2. The van der Waals surface area contributed by atoms with Crippen LogP contribution in [-0.4, -0.2) is 73.6 Å². The van der Waals surface area contributed by atoms with Crippen molar-refractivity contribution in [3.05, 3.63) is 86.4 Å². The molecule has 0 aromatic heterocycles. The Hall–Kier alpha value is -2.58. The molecule has 2 aliphatic rings. The molecule has 45 heavy (non-hydrogen) atoms. The first-order valence-corrected chi connectivity index (χ1v) is 18.1. The molecular weight excluding hydrogens is 627 g/mol. The molecule has 1 aliphatic carbocycles. The maximum absolute atomic E-state index is 14.1. The third-order valence-electron chi connectivity index (χ3n) is 9.53. The number of hydrogen-bond donors (Lipinski definition) is 0. The zero-order valence-corrected chi connectivity index (χ0v) is 29.1. The van der Waals surface area contributed by atoms with Gasteiger partial charge in [0.25, 0.3) is 5.91 Å². The third-order valence-corrected chi connectivity index (χ3v) is 11.3. The fourth-order valence-electron chi connectivity index (χ4n) is 7.09. The van der Waals surface area contributed by atoms with Crippen molar-refractivity contribution >= 4 is 39.9 Å². The van der Waals surface area contributed by atoms with E-state index in [-0.39, 0.29) is 11.8 Å². The van der Waals surface area contributed by atoms with E-state index in [1.807, 2.05) is 48.3 Å². The van der Waals surface area contributed by atoms with Gasteiger partial charge < -0.3 is 19.3 Å².